The maximum absolute atomic E-state index is 12.2. The molecule has 2 unspecified atom stereocenters. The lowest BCUT2D eigenvalue weighted by atomic mass is 9.94. The van der Waals surface area contributed by atoms with E-state index in [1.54, 1.807) is 4.90 Å². The number of anilines is 1. The van der Waals surface area contributed by atoms with Crippen LogP contribution in [0, 0.1) is 16.0 Å². The van der Waals surface area contributed by atoms with E-state index in [1.165, 1.54) is 0 Å². The van der Waals surface area contributed by atoms with E-state index in [2.05, 4.69) is 22.2 Å². The van der Waals surface area contributed by atoms with Gasteiger partial charge < -0.3 is 15.0 Å². The number of nitrogens with one attached hydrogen (secondary N) is 1. The molecule has 1 amide bonds. The van der Waals surface area contributed by atoms with Crippen LogP contribution in [0.25, 0.3) is 0 Å². The molecule has 24 heavy (non-hydrogen) atoms. The van der Waals surface area contributed by atoms with Crippen LogP contribution in [-0.2, 0) is 4.74 Å². The molecule has 9 heteroatoms. The smallest absolute Gasteiger partial charge is 0.410 e. The van der Waals surface area contributed by atoms with Gasteiger partial charge in [-0.05, 0) is 33.1 Å². The molecule has 0 saturated carbocycles. The third-order valence-corrected chi connectivity index (χ3v) is 3.77. The van der Waals surface area contributed by atoms with Crippen LogP contribution in [0.1, 0.15) is 34.1 Å². The number of ether oxygens (including phenoxy) is 1. The van der Waals surface area contributed by atoms with Crippen LogP contribution in [-0.4, -0.2) is 50.6 Å². The Morgan fingerprint density at radius 1 is 1.42 bits per heavy atom. The first-order valence-corrected chi connectivity index (χ1v) is 7.86. The lowest BCUT2D eigenvalue weighted by Crippen LogP contribution is -2.50. The Balaban J connectivity index is 2.00. The van der Waals surface area contributed by atoms with Crippen LogP contribution in [0.3, 0.4) is 0 Å². The number of piperidine rings is 1. The molecule has 1 aromatic heterocycles. The molecule has 9 nitrogen and oxygen atoms in total. The fourth-order valence-corrected chi connectivity index (χ4v) is 2.41. The Labute approximate surface area is 140 Å². The van der Waals surface area contributed by atoms with Gasteiger partial charge in [0.2, 0.25) is 5.95 Å². The fraction of sp³-hybridized carbons (Fsp3) is 0.667. The number of aromatic nitrogens is 2. The summed E-state index contributed by atoms with van der Waals surface area (Å²) in [5.74, 6) is 0.617. The van der Waals surface area contributed by atoms with Gasteiger partial charge in [-0.25, -0.2) is 14.8 Å². The first kappa shape index (κ1) is 17.9. The van der Waals surface area contributed by atoms with Crippen molar-refractivity contribution in [3.05, 3.63) is 22.5 Å². The molecule has 0 aliphatic carbocycles. The van der Waals surface area contributed by atoms with Gasteiger partial charge in [-0.3, -0.25) is 10.1 Å². The lowest BCUT2D eigenvalue weighted by Gasteiger charge is -2.37. The van der Waals surface area contributed by atoms with E-state index >= 15 is 0 Å². The fourth-order valence-electron chi connectivity index (χ4n) is 2.41. The molecule has 0 spiro atoms. The van der Waals surface area contributed by atoms with E-state index < -0.39 is 10.5 Å². The maximum atomic E-state index is 12.2. The van der Waals surface area contributed by atoms with Gasteiger partial charge in [0.25, 0.3) is 0 Å². The number of carbonyl (C=O) groups excluding carboxylic acids is 1. The van der Waals surface area contributed by atoms with Gasteiger partial charge in [0.05, 0.1) is 4.92 Å². The molecule has 0 bridgehead atoms. The average molecular weight is 337 g/mol. The van der Waals surface area contributed by atoms with E-state index in [0.717, 1.165) is 18.8 Å². The molecular formula is C15H23N5O4. The Morgan fingerprint density at radius 3 is 2.58 bits per heavy atom. The van der Waals surface area contributed by atoms with Gasteiger partial charge in [0, 0.05) is 19.1 Å². The first-order valence-electron chi connectivity index (χ1n) is 7.86. The third kappa shape index (κ3) is 4.77. The highest BCUT2D eigenvalue weighted by Crippen LogP contribution is 2.22. The summed E-state index contributed by atoms with van der Waals surface area (Å²) in [6.07, 6.45) is 2.80. The van der Waals surface area contributed by atoms with Crippen molar-refractivity contribution in [2.24, 2.45) is 5.92 Å². The Kier molecular flexibility index (Phi) is 5.20. The van der Waals surface area contributed by atoms with Crippen LogP contribution >= 0.6 is 0 Å². The summed E-state index contributed by atoms with van der Waals surface area (Å²) in [6, 6.07) is -0.0484. The van der Waals surface area contributed by atoms with Crippen molar-refractivity contribution >= 4 is 17.7 Å². The summed E-state index contributed by atoms with van der Waals surface area (Å²) >= 11 is 0. The largest absolute Gasteiger partial charge is 0.444 e. The summed E-state index contributed by atoms with van der Waals surface area (Å²) in [4.78, 5) is 31.9. The number of hydrogen-bond donors (Lipinski definition) is 1. The molecule has 1 N–H and O–H groups in total. The number of hydrogen-bond acceptors (Lipinski definition) is 7. The first-order chi connectivity index (χ1) is 11.2. The molecule has 1 aliphatic rings. The highest BCUT2D eigenvalue weighted by Gasteiger charge is 2.31. The Bertz CT molecular complexity index is 599. The molecule has 1 saturated heterocycles. The number of nitro groups is 1. The van der Waals surface area contributed by atoms with Crippen molar-refractivity contribution in [3.63, 3.8) is 0 Å². The minimum atomic E-state index is -0.544. The van der Waals surface area contributed by atoms with Crippen molar-refractivity contribution in [1.82, 2.24) is 14.9 Å². The van der Waals surface area contributed by atoms with Gasteiger partial charge in [0.15, 0.2) is 0 Å². The van der Waals surface area contributed by atoms with Crippen LogP contribution < -0.4 is 5.32 Å². The molecule has 0 radical (unpaired) electrons. The van der Waals surface area contributed by atoms with E-state index in [4.69, 9.17) is 4.74 Å². The minimum absolute atomic E-state index is 0.0484. The van der Waals surface area contributed by atoms with Crippen molar-refractivity contribution in [3.8, 4) is 0 Å². The van der Waals surface area contributed by atoms with Crippen molar-refractivity contribution in [1.29, 1.82) is 0 Å². The molecule has 1 fully saturated rings. The maximum Gasteiger partial charge on any atom is 0.410 e. The normalized spacial score (nSPS) is 21.2. The number of nitrogens with zero attached hydrogens (tertiary/aromatic N) is 4. The highest BCUT2D eigenvalue weighted by molar-refractivity contribution is 5.68. The van der Waals surface area contributed by atoms with E-state index in [1.807, 2.05) is 20.8 Å². The average Bonchev–Trinajstić information content (AvgIpc) is 2.48. The quantitative estimate of drug-likeness (QED) is 0.666. The predicted octanol–water partition coefficient (Wildman–Crippen LogP) is 2.44. The zero-order valence-electron chi connectivity index (χ0n) is 14.4. The van der Waals surface area contributed by atoms with E-state index in [-0.39, 0.29) is 17.8 Å². The minimum Gasteiger partial charge on any atom is -0.444 e. The Hall–Kier alpha value is -2.45. The van der Waals surface area contributed by atoms with Gasteiger partial charge in [-0.1, -0.05) is 6.92 Å². The number of likely N-dealkylation sites (tertiary alicyclic amines) is 1. The van der Waals surface area contributed by atoms with Crippen molar-refractivity contribution in [2.75, 3.05) is 18.4 Å². The van der Waals surface area contributed by atoms with Gasteiger partial charge in [0.1, 0.15) is 18.0 Å². The van der Waals surface area contributed by atoms with Crippen molar-refractivity contribution < 1.29 is 14.5 Å². The SMILES string of the molecule is CC1CCN(C(=O)OC(C)(C)C)CC1Nc1ncc([N+](=O)[O-])cn1. The molecule has 0 aromatic carbocycles. The standard InChI is InChI=1S/C15H23N5O4/c1-10-5-6-19(14(21)24-15(2,3)4)9-12(10)18-13-16-7-11(8-17-13)20(22)23/h7-8,10,12H,5-6,9H2,1-4H3,(H,16,17,18). The van der Waals surface area contributed by atoms with E-state index in [9.17, 15) is 14.9 Å². The van der Waals surface area contributed by atoms with Gasteiger partial charge >= 0.3 is 11.8 Å². The molecular weight excluding hydrogens is 314 g/mol. The zero-order chi connectivity index (χ0) is 17.9. The summed E-state index contributed by atoms with van der Waals surface area (Å²) < 4.78 is 5.41. The molecule has 2 heterocycles. The Morgan fingerprint density at radius 2 is 2.04 bits per heavy atom. The van der Waals surface area contributed by atoms with Crippen LogP contribution in [0.15, 0.2) is 12.4 Å². The summed E-state index contributed by atoms with van der Waals surface area (Å²) in [7, 11) is 0. The second kappa shape index (κ2) is 6.98. The number of amides is 1. The topological polar surface area (TPSA) is 110 Å². The molecule has 1 aromatic rings. The summed E-state index contributed by atoms with van der Waals surface area (Å²) in [5, 5.41) is 13.8. The highest BCUT2D eigenvalue weighted by atomic mass is 16.6. The third-order valence-electron chi connectivity index (χ3n) is 3.77. The second-order valence-electron chi connectivity index (χ2n) is 6.97. The molecule has 2 atom stereocenters. The zero-order valence-corrected chi connectivity index (χ0v) is 14.4. The number of rotatable bonds is 3. The molecule has 1 aliphatic heterocycles. The summed E-state index contributed by atoms with van der Waals surface area (Å²) in [6.45, 7) is 8.68. The monoisotopic (exact) mass is 337 g/mol. The van der Waals surface area contributed by atoms with Gasteiger partial charge in [-0.15, -0.1) is 0 Å². The molecule has 2 rings (SSSR count). The number of carbonyl (C=O) groups is 1. The van der Waals surface area contributed by atoms with Crippen molar-refractivity contribution in [2.45, 2.75) is 45.8 Å². The predicted molar refractivity (Wildman–Crippen MR) is 87.7 cm³/mol. The summed E-state index contributed by atoms with van der Waals surface area (Å²) in [5.41, 5.74) is -0.697. The molecule has 132 valence electrons. The van der Waals surface area contributed by atoms with Crippen LogP contribution in [0.4, 0.5) is 16.4 Å². The lowest BCUT2D eigenvalue weighted by molar-refractivity contribution is -0.385. The van der Waals surface area contributed by atoms with E-state index in [0.29, 0.717) is 25.0 Å². The van der Waals surface area contributed by atoms with Crippen LogP contribution in [0.5, 0.6) is 0 Å². The van der Waals surface area contributed by atoms with Gasteiger partial charge in [-0.2, -0.15) is 0 Å². The second-order valence-corrected chi connectivity index (χ2v) is 6.97. The van der Waals surface area contributed by atoms with Crippen LogP contribution in [0.2, 0.25) is 0 Å².